The van der Waals surface area contributed by atoms with Crippen molar-refractivity contribution >= 4 is 11.4 Å². The summed E-state index contributed by atoms with van der Waals surface area (Å²) < 4.78 is 1.85. The summed E-state index contributed by atoms with van der Waals surface area (Å²) in [6.45, 7) is 8.68. The molecule has 0 radical (unpaired) electrons. The van der Waals surface area contributed by atoms with Gasteiger partial charge in [-0.2, -0.15) is 9.48 Å². The molecule has 74 valence electrons. The fourth-order valence-corrected chi connectivity index (χ4v) is 1.49. The Bertz CT molecular complexity index is 275. The first-order valence-corrected chi connectivity index (χ1v) is 4.41. The molecule has 0 aromatic heterocycles. The van der Waals surface area contributed by atoms with E-state index in [9.17, 15) is 10.4 Å². The lowest BCUT2D eigenvalue weighted by Crippen LogP contribution is -2.54. The number of rotatable bonds is 0. The highest BCUT2D eigenvalue weighted by Crippen LogP contribution is 2.17. The average molecular weight is 184 g/mol. The zero-order valence-corrected chi connectivity index (χ0v) is 8.79. The molecular weight excluding hydrogens is 168 g/mol. The maximum absolute atomic E-state index is 11.7. The second kappa shape index (κ2) is 2.72. The van der Waals surface area contributed by atoms with Gasteiger partial charge >= 0.3 is 0 Å². The predicted molar refractivity (Wildman–Crippen MR) is 52.2 cm³/mol. The first kappa shape index (κ1) is 10.0. The van der Waals surface area contributed by atoms with Gasteiger partial charge in [0.25, 0.3) is 0 Å². The van der Waals surface area contributed by atoms with Crippen LogP contribution in [0, 0.1) is 10.4 Å². The Morgan fingerprint density at radius 2 is 1.69 bits per heavy atom. The van der Waals surface area contributed by atoms with Crippen LogP contribution >= 0.6 is 0 Å². The summed E-state index contributed by atoms with van der Waals surface area (Å²) in [5, 5.41) is 23.3. The van der Waals surface area contributed by atoms with Crippen molar-refractivity contribution in [2.24, 2.45) is 0 Å². The monoisotopic (exact) mass is 184 g/mol. The normalized spacial score (nSPS) is 28.2. The molecule has 0 N–H and O–H groups in total. The molecule has 0 saturated carbocycles. The second-order valence-corrected chi connectivity index (χ2v) is 4.08. The Hall–Kier alpha value is -1.06. The van der Waals surface area contributed by atoms with E-state index >= 15 is 0 Å². The van der Waals surface area contributed by atoms with Gasteiger partial charge in [-0.15, -0.1) is 0 Å². The quantitative estimate of drug-likeness (QED) is 0.418. The van der Waals surface area contributed by atoms with Crippen LogP contribution in [0.15, 0.2) is 0 Å². The van der Waals surface area contributed by atoms with Crippen LogP contribution in [0.1, 0.15) is 34.6 Å². The van der Waals surface area contributed by atoms with E-state index in [2.05, 4.69) is 0 Å². The van der Waals surface area contributed by atoms with Gasteiger partial charge in [0, 0.05) is 34.6 Å². The van der Waals surface area contributed by atoms with E-state index in [1.54, 1.807) is 34.6 Å². The predicted octanol–water partition coefficient (Wildman–Crippen LogP) is 1.11. The lowest BCUT2D eigenvalue weighted by Gasteiger charge is -2.31. The third-order valence-corrected chi connectivity index (χ3v) is 3.00. The molecule has 1 rings (SSSR count). The molecule has 0 bridgehead atoms. The summed E-state index contributed by atoms with van der Waals surface area (Å²) in [6, 6.07) is -0.342. The third kappa shape index (κ3) is 1.20. The smallest absolute Gasteiger partial charge is 0.246 e. The topological polar surface area (TPSA) is 52.1 Å². The van der Waals surface area contributed by atoms with Crippen molar-refractivity contribution in [1.29, 1.82) is 0 Å². The average Bonchev–Trinajstić information content (AvgIpc) is 2.09. The second-order valence-electron chi connectivity index (χ2n) is 4.08. The highest BCUT2D eigenvalue weighted by atomic mass is 16.5. The highest BCUT2D eigenvalue weighted by molar-refractivity contribution is 5.91. The molecule has 1 aliphatic heterocycles. The zero-order chi connectivity index (χ0) is 10.4. The summed E-state index contributed by atoms with van der Waals surface area (Å²) in [6.07, 6.45) is 0. The van der Waals surface area contributed by atoms with Gasteiger partial charge in [0.05, 0.1) is 0 Å². The molecule has 0 amide bonds. The molecule has 0 saturated heterocycles. The Labute approximate surface area is 78.4 Å². The van der Waals surface area contributed by atoms with Crippen molar-refractivity contribution < 1.29 is 9.48 Å². The summed E-state index contributed by atoms with van der Waals surface area (Å²) in [5.41, 5.74) is 0.435. The molecule has 0 fully saturated rings. The Morgan fingerprint density at radius 3 is 2.15 bits per heavy atom. The molecule has 4 heteroatoms. The van der Waals surface area contributed by atoms with Crippen molar-refractivity contribution in [3.05, 3.63) is 10.4 Å². The molecule has 1 atom stereocenters. The van der Waals surface area contributed by atoms with Crippen LogP contribution in [0.5, 0.6) is 0 Å². The molecule has 1 aliphatic rings. The van der Waals surface area contributed by atoms with Gasteiger partial charge in [0.15, 0.2) is 0 Å². The summed E-state index contributed by atoms with van der Waals surface area (Å²) in [5.74, 6) is 0. The van der Waals surface area contributed by atoms with E-state index in [0.717, 1.165) is 9.48 Å². The van der Waals surface area contributed by atoms with E-state index in [1.807, 2.05) is 0 Å². The third-order valence-electron chi connectivity index (χ3n) is 3.00. The molecule has 4 nitrogen and oxygen atoms in total. The number of hydrogen-bond donors (Lipinski definition) is 0. The van der Waals surface area contributed by atoms with Crippen LogP contribution in [0.2, 0.25) is 0 Å². The maximum Gasteiger partial charge on any atom is 0.246 e. The minimum Gasteiger partial charge on any atom is -0.623 e. The van der Waals surface area contributed by atoms with Crippen molar-refractivity contribution in [2.45, 2.75) is 46.2 Å². The molecule has 13 heavy (non-hydrogen) atoms. The van der Waals surface area contributed by atoms with Crippen molar-refractivity contribution in [1.82, 2.24) is 0 Å². The minimum atomic E-state index is -0.710. The van der Waals surface area contributed by atoms with E-state index in [-0.39, 0.29) is 6.04 Å². The van der Waals surface area contributed by atoms with E-state index in [4.69, 9.17) is 0 Å². The van der Waals surface area contributed by atoms with Gasteiger partial charge in [-0.05, 0) is 0 Å². The van der Waals surface area contributed by atoms with Crippen LogP contribution in [0.4, 0.5) is 0 Å². The summed E-state index contributed by atoms with van der Waals surface area (Å²) >= 11 is 0. The van der Waals surface area contributed by atoms with Crippen LogP contribution < -0.4 is 0 Å². The Kier molecular flexibility index (Phi) is 2.10. The van der Waals surface area contributed by atoms with Crippen molar-refractivity contribution in [2.75, 3.05) is 0 Å². The van der Waals surface area contributed by atoms with Gasteiger partial charge in [-0.25, -0.2) is 0 Å². The standard InChI is InChI=1S/C9H16N2O2/c1-6-7(2)11(13)9(4,5)8(3)10(6)12/h6H,1-5H3. The van der Waals surface area contributed by atoms with E-state index in [0.29, 0.717) is 11.4 Å². The van der Waals surface area contributed by atoms with E-state index < -0.39 is 5.54 Å². The van der Waals surface area contributed by atoms with E-state index in [1.165, 1.54) is 0 Å². The molecule has 0 aliphatic carbocycles. The van der Waals surface area contributed by atoms with Crippen LogP contribution in [-0.4, -0.2) is 32.5 Å². The summed E-state index contributed by atoms with van der Waals surface area (Å²) in [7, 11) is 0. The van der Waals surface area contributed by atoms with Crippen LogP contribution in [0.25, 0.3) is 0 Å². The van der Waals surface area contributed by atoms with Gasteiger partial charge < -0.3 is 10.4 Å². The first-order valence-electron chi connectivity index (χ1n) is 4.41. The number of hydrogen-bond acceptors (Lipinski definition) is 2. The van der Waals surface area contributed by atoms with Gasteiger partial charge in [-0.3, -0.25) is 0 Å². The largest absolute Gasteiger partial charge is 0.623 e. The molecule has 0 aromatic rings. The Morgan fingerprint density at radius 1 is 1.23 bits per heavy atom. The SMILES string of the molecule is CC1=[N+]([O-])C(C)C(C)=[N+]([O-])C1(C)C. The van der Waals surface area contributed by atoms with Gasteiger partial charge in [0.1, 0.15) is 0 Å². The van der Waals surface area contributed by atoms with Crippen LogP contribution in [0.3, 0.4) is 0 Å². The number of nitrogens with zero attached hydrogens (tertiary/aromatic N) is 2. The lowest BCUT2D eigenvalue weighted by atomic mass is 9.96. The first-order chi connectivity index (χ1) is 5.80. The highest BCUT2D eigenvalue weighted by Gasteiger charge is 2.44. The molecule has 1 heterocycles. The summed E-state index contributed by atoms with van der Waals surface area (Å²) in [4.78, 5) is 0. The van der Waals surface area contributed by atoms with Gasteiger partial charge in [0.2, 0.25) is 23.0 Å². The molecule has 0 spiro atoms. The maximum atomic E-state index is 11.7. The van der Waals surface area contributed by atoms with Gasteiger partial charge in [-0.1, -0.05) is 0 Å². The molecular formula is C9H16N2O2. The zero-order valence-electron chi connectivity index (χ0n) is 8.79. The number of hydroxylamine groups is 2. The molecule has 0 aromatic carbocycles. The lowest BCUT2D eigenvalue weighted by molar-refractivity contribution is -0.580. The minimum absolute atomic E-state index is 0.342. The van der Waals surface area contributed by atoms with Crippen LogP contribution in [-0.2, 0) is 0 Å². The molecule has 1 unspecified atom stereocenters. The van der Waals surface area contributed by atoms with Crippen molar-refractivity contribution in [3.63, 3.8) is 0 Å². The Balaban J connectivity index is 3.30. The fraction of sp³-hybridized carbons (Fsp3) is 0.778. The van der Waals surface area contributed by atoms with Crippen molar-refractivity contribution in [3.8, 4) is 0 Å². The fourth-order valence-electron chi connectivity index (χ4n) is 1.49.